The second-order valence-corrected chi connectivity index (χ2v) is 7.04. The van der Waals surface area contributed by atoms with Crippen molar-refractivity contribution in [3.05, 3.63) is 40.3 Å². The summed E-state index contributed by atoms with van der Waals surface area (Å²) in [4.78, 5) is 34.3. The van der Waals surface area contributed by atoms with E-state index in [9.17, 15) is 9.59 Å². The van der Waals surface area contributed by atoms with Crippen molar-refractivity contribution in [1.29, 1.82) is 0 Å². The van der Waals surface area contributed by atoms with Gasteiger partial charge in [0.1, 0.15) is 4.83 Å². The second-order valence-electron chi connectivity index (χ2n) is 6.01. The van der Waals surface area contributed by atoms with Gasteiger partial charge in [-0.25, -0.2) is 9.97 Å². The Morgan fingerprint density at radius 1 is 1.07 bits per heavy atom. The molecule has 2 heterocycles. The van der Waals surface area contributed by atoms with E-state index in [1.54, 1.807) is 18.2 Å². The van der Waals surface area contributed by atoms with Gasteiger partial charge in [-0.05, 0) is 44.5 Å². The lowest BCUT2D eigenvalue weighted by atomic mass is 10.00. The minimum atomic E-state index is -0.155. The highest BCUT2D eigenvalue weighted by Gasteiger charge is 2.18. The number of amides is 2. The number of nitrogens with one attached hydrogen (secondary N) is 2. The first-order chi connectivity index (χ1) is 12.9. The number of hydrogen-bond acceptors (Lipinski definition) is 6. The molecule has 3 rings (SSSR count). The Hall–Kier alpha value is -3.00. The fourth-order valence-corrected chi connectivity index (χ4v) is 3.74. The number of rotatable bonds is 5. The van der Waals surface area contributed by atoms with Crippen molar-refractivity contribution >= 4 is 39.3 Å². The van der Waals surface area contributed by atoms with E-state index in [-0.39, 0.29) is 17.8 Å². The van der Waals surface area contributed by atoms with Crippen LogP contribution in [-0.4, -0.2) is 34.9 Å². The summed E-state index contributed by atoms with van der Waals surface area (Å²) in [5.41, 5.74) is 8.81. The fraction of sp³-hybridized carbons (Fsp3) is 0.263. The molecule has 2 amide bonds. The van der Waals surface area contributed by atoms with Gasteiger partial charge in [0.05, 0.1) is 10.6 Å². The number of benzene rings is 1. The SMILES string of the molecule is CCNC(=O)c1ccc(C)c(-c2nc(N)nc3sc(C(=O)NCC)cc23)c1. The molecule has 2 aromatic heterocycles. The van der Waals surface area contributed by atoms with Gasteiger partial charge in [-0.15, -0.1) is 11.3 Å². The van der Waals surface area contributed by atoms with Crippen LogP contribution >= 0.6 is 11.3 Å². The van der Waals surface area contributed by atoms with Crippen LogP contribution in [0, 0.1) is 6.92 Å². The number of anilines is 1. The number of thiophene rings is 1. The maximum absolute atomic E-state index is 12.2. The summed E-state index contributed by atoms with van der Waals surface area (Å²) in [5, 5.41) is 6.32. The summed E-state index contributed by atoms with van der Waals surface area (Å²) >= 11 is 1.27. The Balaban J connectivity index is 2.17. The zero-order chi connectivity index (χ0) is 19.6. The van der Waals surface area contributed by atoms with E-state index >= 15 is 0 Å². The molecular formula is C19H21N5O2S. The van der Waals surface area contributed by atoms with E-state index in [2.05, 4.69) is 20.6 Å². The number of nitrogen functional groups attached to an aromatic ring is 1. The monoisotopic (exact) mass is 383 g/mol. The Morgan fingerprint density at radius 3 is 2.48 bits per heavy atom. The highest BCUT2D eigenvalue weighted by Crippen LogP contribution is 2.34. The molecule has 0 aliphatic rings. The first-order valence-corrected chi connectivity index (χ1v) is 9.50. The first-order valence-electron chi connectivity index (χ1n) is 8.69. The Kier molecular flexibility index (Phi) is 5.36. The molecule has 0 saturated heterocycles. The molecule has 0 aliphatic heterocycles. The Bertz CT molecular complexity index is 1030. The van der Waals surface area contributed by atoms with Crippen LogP contribution in [0.2, 0.25) is 0 Å². The quantitative estimate of drug-likeness (QED) is 0.627. The number of hydrogen-bond donors (Lipinski definition) is 3. The maximum atomic E-state index is 12.2. The normalized spacial score (nSPS) is 10.8. The van der Waals surface area contributed by atoms with E-state index in [0.29, 0.717) is 34.1 Å². The Labute approximate surface area is 161 Å². The van der Waals surface area contributed by atoms with E-state index in [1.165, 1.54) is 11.3 Å². The molecule has 0 atom stereocenters. The smallest absolute Gasteiger partial charge is 0.261 e. The predicted molar refractivity (Wildman–Crippen MR) is 108 cm³/mol. The van der Waals surface area contributed by atoms with Crippen LogP contribution in [0.25, 0.3) is 21.5 Å². The molecule has 0 aliphatic carbocycles. The predicted octanol–water partition coefficient (Wildman–Crippen LogP) is 2.75. The summed E-state index contributed by atoms with van der Waals surface area (Å²) in [5.74, 6) is -0.173. The summed E-state index contributed by atoms with van der Waals surface area (Å²) in [7, 11) is 0. The van der Waals surface area contributed by atoms with Crippen molar-refractivity contribution in [3.63, 3.8) is 0 Å². The number of aromatic nitrogens is 2. The first kappa shape index (κ1) is 18.8. The lowest BCUT2D eigenvalue weighted by Gasteiger charge is -2.10. The zero-order valence-corrected chi connectivity index (χ0v) is 16.2. The summed E-state index contributed by atoms with van der Waals surface area (Å²) in [6, 6.07) is 7.23. The number of carbonyl (C=O) groups is 2. The number of nitrogens with two attached hydrogens (primary N) is 1. The van der Waals surface area contributed by atoms with Gasteiger partial charge in [0, 0.05) is 29.6 Å². The molecule has 4 N–H and O–H groups in total. The molecule has 8 heteroatoms. The largest absolute Gasteiger partial charge is 0.368 e. The molecule has 27 heavy (non-hydrogen) atoms. The van der Waals surface area contributed by atoms with Crippen LogP contribution in [0.5, 0.6) is 0 Å². The van der Waals surface area contributed by atoms with Gasteiger partial charge in [0.25, 0.3) is 11.8 Å². The molecule has 0 saturated carbocycles. The van der Waals surface area contributed by atoms with E-state index in [0.717, 1.165) is 16.5 Å². The van der Waals surface area contributed by atoms with Gasteiger partial charge in [0.2, 0.25) is 5.95 Å². The zero-order valence-electron chi connectivity index (χ0n) is 15.4. The average Bonchev–Trinajstić information content (AvgIpc) is 3.06. The van der Waals surface area contributed by atoms with Crippen LogP contribution in [0.4, 0.5) is 5.95 Å². The van der Waals surface area contributed by atoms with Crippen molar-refractivity contribution in [3.8, 4) is 11.3 Å². The molecule has 3 aromatic rings. The van der Waals surface area contributed by atoms with E-state index in [4.69, 9.17) is 5.73 Å². The van der Waals surface area contributed by atoms with Crippen LogP contribution in [0.3, 0.4) is 0 Å². The van der Waals surface area contributed by atoms with Crippen LogP contribution in [0.1, 0.15) is 39.4 Å². The van der Waals surface area contributed by atoms with Crippen LogP contribution in [0.15, 0.2) is 24.3 Å². The molecule has 1 aromatic carbocycles. The fourth-order valence-electron chi connectivity index (χ4n) is 2.78. The third-order valence-electron chi connectivity index (χ3n) is 4.06. The van der Waals surface area contributed by atoms with Crippen LogP contribution in [-0.2, 0) is 0 Å². The third-order valence-corrected chi connectivity index (χ3v) is 5.09. The maximum Gasteiger partial charge on any atom is 0.261 e. The summed E-state index contributed by atoms with van der Waals surface area (Å²) < 4.78 is 0. The van der Waals surface area contributed by atoms with Gasteiger partial charge in [-0.3, -0.25) is 9.59 Å². The minimum Gasteiger partial charge on any atom is -0.368 e. The summed E-state index contributed by atoms with van der Waals surface area (Å²) in [6.07, 6.45) is 0. The molecule has 0 radical (unpaired) electrons. The highest BCUT2D eigenvalue weighted by molar-refractivity contribution is 7.20. The minimum absolute atomic E-state index is 0.129. The number of fused-ring (bicyclic) bond motifs is 1. The lowest BCUT2D eigenvalue weighted by Crippen LogP contribution is -2.22. The molecule has 7 nitrogen and oxygen atoms in total. The standard InChI is InChI=1S/C19H21N5O2S/c1-4-21-16(25)11-7-6-10(3)12(8-11)15-13-9-14(17(26)22-5-2)27-18(13)24-19(20)23-15/h6-9H,4-5H2,1-3H3,(H,21,25)(H,22,26)(H2,20,23,24). The average molecular weight is 383 g/mol. The van der Waals surface area contributed by atoms with Crippen LogP contribution < -0.4 is 16.4 Å². The van der Waals surface area contributed by atoms with Crippen molar-refractivity contribution in [2.24, 2.45) is 0 Å². The lowest BCUT2D eigenvalue weighted by molar-refractivity contribution is 0.0949. The third kappa shape index (κ3) is 3.75. The van der Waals surface area contributed by atoms with Gasteiger partial charge in [0.15, 0.2) is 0 Å². The topological polar surface area (TPSA) is 110 Å². The highest BCUT2D eigenvalue weighted by atomic mass is 32.1. The van der Waals surface area contributed by atoms with Crippen molar-refractivity contribution < 1.29 is 9.59 Å². The Morgan fingerprint density at radius 2 is 1.78 bits per heavy atom. The molecule has 0 bridgehead atoms. The van der Waals surface area contributed by atoms with Crippen molar-refractivity contribution in [1.82, 2.24) is 20.6 Å². The van der Waals surface area contributed by atoms with E-state index in [1.807, 2.05) is 26.8 Å². The summed E-state index contributed by atoms with van der Waals surface area (Å²) in [6.45, 7) is 6.77. The van der Waals surface area contributed by atoms with Gasteiger partial charge in [-0.2, -0.15) is 0 Å². The van der Waals surface area contributed by atoms with Gasteiger partial charge in [-0.1, -0.05) is 6.07 Å². The van der Waals surface area contributed by atoms with Crippen molar-refractivity contribution in [2.75, 3.05) is 18.8 Å². The molecule has 0 unspecified atom stereocenters. The molecule has 140 valence electrons. The van der Waals surface area contributed by atoms with E-state index < -0.39 is 0 Å². The van der Waals surface area contributed by atoms with Crippen molar-refractivity contribution in [2.45, 2.75) is 20.8 Å². The van der Waals surface area contributed by atoms with Gasteiger partial charge < -0.3 is 16.4 Å². The van der Waals surface area contributed by atoms with Gasteiger partial charge >= 0.3 is 0 Å². The second kappa shape index (κ2) is 7.71. The molecule has 0 spiro atoms. The number of nitrogens with zero attached hydrogens (tertiary/aromatic N) is 2. The number of aryl methyl sites for hydroxylation is 1. The molecular weight excluding hydrogens is 362 g/mol. The number of carbonyl (C=O) groups excluding carboxylic acids is 2. The molecule has 0 fully saturated rings.